The number of carbonyl (C=O) groups is 1. The number of hydrogen-bond acceptors (Lipinski definition) is 3. The number of aromatic nitrogens is 3. The number of fused-ring (bicyclic) bond motifs is 1. The van der Waals surface area contributed by atoms with Gasteiger partial charge in [-0.3, -0.25) is 4.79 Å². The van der Waals surface area contributed by atoms with Gasteiger partial charge in [-0.1, -0.05) is 17.3 Å². The van der Waals surface area contributed by atoms with Crippen LogP contribution in [0.2, 0.25) is 0 Å². The Kier molecular flexibility index (Phi) is 2.93. The fourth-order valence-electron chi connectivity index (χ4n) is 1.96. The van der Waals surface area contributed by atoms with E-state index in [1.165, 1.54) is 12.1 Å². The molecule has 0 amide bonds. The molecule has 0 aliphatic heterocycles. The Bertz CT molecular complexity index is 846. The van der Waals surface area contributed by atoms with Crippen molar-refractivity contribution in [1.29, 1.82) is 0 Å². The SMILES string of the molecule is O=Cc1c(F)c(F)c(-n2nnc3ccccc32)c(F)c1F. The zero-order valence-electron chi connectivity index (χ0n) is 10.1. The maximum Gasteiger partial charge on any atom is 0.188 e. The van der Waals surface area contributed by atoms with Crippen molar-refractivity contribution < 1.29 is 22.4 Å². The van der Waals surface area contributed by atoms with E-state index in [4.69, 9.17) is 0 Å². The topological polar surface area (TPSA) is 47.8 Å². The molecule has 21 heavy (non-hydrogen) atoms. The van der Waals surface area contributed by atoms with Gasteiger partial charge in [-0.2, -0.15) is 0 Å². The third kappa shape index (κ3) is 1.79. The van der Waals surface area contributed by atoms with Crippen molar-refractivity contribution in [1.82, 2.24) is 15.0 Å². The molecule has 1 heterocycles. The lowest BCUT2D eigenvalue weighted by atomic mass is 10.1. The fourth-order valence-corrected chi connectivity index (χ4v) is 1.96. The van der Waals surface area contributed by atoms with Crippen LogP contribution in [0.5, 0.6) is 0 Å². The van der Waals surface area contributed by atoms with Crippen LogP contribution in [0.1, 0.15) is 10.4 Å². The minimum atomic E-state index is -1.78. The van der Waals surface area contributed by atoms with Crippen LogP contribution in [0.3, 0.4) is 0 Å². The van der Waals surface area contributed by atoms with E-state index in [9.17, 15) is 22.4 Å². The van der Waals surface area contributed by atoms with Crippen LogP contribution in [0.4, 0.5) is 17.6 Å². The highest BCUT2D eigenvalue weighted by atomic mass is 19.2. The van der Waals surface area contributed by atoms with Gasteiger partial charge in [-0.25, -0.2) is 22.2 Å². The minimum Gasteiger partial charge on any atom is -0.298 e. The first kappa shape index (κ1) is 13.2. The molecule has 0 N–H and O–H groups in total. The van der Waals surface area contributed by atoms with Gasteiger partial charge in [0, 0.05) is 0 Å². The van der Waals surface area contributed by atoms with Crippen molar-refractivity contribution >= 4 is 17.3 Å². The molecule has 8 heteroatoms. The standard InChI is InChI=1S/C13H5F4N3O/c14-9-6(5-21)10(15)12(17)13(11(9)16)20-8-4-2-1-3-7(8)18-19-20/h1-5H. The number of para-hydroxylation sites is 1. The van der Waals surface area contributed by atoms with Crippen LogP contribution in [0.15, 0.2) is 24.3 Å². The second-order valence-electron chi connectivity index (χ2n) is 4.13. The highest BCUT2D eigenvalue weighted by molar-refractivity contribution is 5.78. The summed E-state index contributed by atoms with van der Waals surface area (Å²) in [5.74, 6) is -6.99. The normalized spacial score (nSPS) is 11.0. The van der Waals surface area contributed by atoms with Crippen LogP contribution in [-0.4, -0.2) is 21.3 Å². The van der Waals surface area contributed by atoms with Crippen LogP contribution >= 0.6 is 0 Å². The molecule has 0 saturated heterocycles. The number of benzene rings is 2. The zero-order chi connectivity index (χ0) is 15.1. The highest BCUT2D eigenvalue weighted by Crippen LogP contribution is 2.27. The summed E-state index contributed by atoms with van der Waals surface area (Å²) in [5, 5.41) is 7.13. The van der Waals surface area contributed by atoms with Gasteiger partial charge in [0.2, 0.25) is 0 Å². The maximum atomic E-state index is 14.0. The van der Waals surface area contributed by atoms with Crippen LogP contribution in [0.25, 0.3) is 16.7 Å². The quantitative estimate of drug-likeness (QED) is 0.415. The van der Waals surface area contributed by atoms with Crippen molar-refractivity contribution in [2.75, 3.05) is 0 Å². The number of halogens is 4. The predicted octanol–water partition coefficient (Wildman–Crippen LogP) is 2.79. The van der Waals surface area contributed by atoms with Crippen molar-refractivity contribution in [3.05, 3.63) is 53.1 Å². The smallest absolute Gasteiger partial charge is 0.188 e. The highest BCUT2D eigenvalue weighted by Gasteiger charge is 2.27. The monoisotopic (exact) mass is 295 g/mol. The van der Waals surface area contributed by atoms with Crippen molar-refractivity contribution in [3.8, 4) is 5.69 Å². The van der Waals surface area contributed by atoms with Crippen LogP contribution in [0, 0.1) is 23.3 Å². The van der Waals surface area contributed by atoms with Gasteiger partial charge in [0.25, 0.3) is 0 Å². The predicted molar refractivity (Wildman–Crippen MR) is 64.1 cm³/mol. The van der Waals surface area contributed by atoms with E-state index in [1.807, 2.05) is 0 Å². The molecule has 2 aromatic carbocycles. The van der Waals surface area contributed by atoms with Gasteiger partial charge >= 0.3 is 0 Å². The van der Waals surface area contributed by atoms with Gasteiger partial charge in [0.15, 0.2) is 29.6 Å². The summed E-state index contributed by atoms with van der Waals surface area (Å²) in [4.78, 5) is 10.5. The molecule has 0 saturated carbocycles. The van der Waals surface area contributed by atoms with Crippen molar-refractivity contribution in [2.45, 2.75) is 0 Å². The first-order valence-corrected chi connectivity index (χ1v) is 5.68. The Morgan fingerprint density at radius 2 is 1.57 bits per heavy atom. The van der Waals surface area contributed by atoms with Crippen LogP contribution < -0.4 is 0 Å². The number of carbonyl (C=O) groups excluding carboxylic acids is 1. The van der Waals surface area contributed by atoms with Crippen molar-refractivity contribution in [3.63, 3.8) is 0 Å². The lowest BCUT2D eigenvalue weighted by Crippen LogP contribution is -2.11. The summed E-state index contributed by atoms with van der Waals surface area (Å²) in [5.41, 5.74) is -1.92. The van der Waals surface area contributed by atoms with Gasteiger partial charge in [-0.15, -0.1) is 5.10 Å². The zero-order valence-corrected chi connectivity index (χ0v) is 10.1. The molecule has 106 valence electrons. The van der Waals surface area contributed by atoms with E-state index in [0.29, 0.717) is 4.68 Å². The summed E-state index contributed by atoms with van der Waals surface area (Å²) in [6.45, 7) is 0. The molecular formula is C13H5F4N3O. The van der Waals surface area contributed by atoms with Gasteiger partial charge < -0.3 is 0 Å². The Morgan fingerprint density at radius 1 is 0.952 bits per heavy atom. The summed E-state index contributed by atoms with van der Waals surface area (Å²) < 4.78 is 55.8. The summed E-state index contributed by atoms with van der Waals surface area (Å²) in [6.07, 6.45) is -0.292. The molecular weight excluding hydrogens is 290 g/mol. The number of aldehydes is 1. The Balaban J connectivity index is 2.41. The summed E-state index contributed by atoms with van der Waals surface area (Å²) in [7, 11) is 0. The Morgan fingerprint density at radius 3 is 2.19 bits per heavy atom. The molecule has 4 nitrogen and oxygen atoms in total. The molecule has 0 radical (unpaired) electrons. The largest absolute Gasteiger partial charge is 0.298 e. The third-order valence-electron chi connectivity index (χ3n) is 2.96. The van der Waals surface area contributed by atoms with Gasteiger partial charge in [-0.05, 0) is 12.1 Å². The van der Waals surface area contributed by atoms with E-state index in [0.717, 1.165) is 0 Å². The van der Waals surface area contributed by atoms with Crippen molar-refractivity contribution in [2.24, 2.45) is 0 Å². The Hall–Kier alpha value is -2.77. The molecule has 3 rings (SSSR count). The minimum absolute atomic E-state index is 0.160. The fraction of sp³-hybridized carbons (Fsp3) is 0. The van der Waals surface area contributed by atoms with E-state index < -0.39 is 34.5 Å². The second-order valence-corrected chi connectivity index (χ2v) is 4.13. The third-order valence-corrected chi connectivity index (χ3v) is 2.96. The molecule has 0 atom stereocenters. The van der Waals surface area contributed by atoms with Crippen LogP contribution in [-0.2, 0) is 0 Å². The molecule has 0 fully saturated rings. The average molecular weight is 295 g/mol. The number of hydrogen-bond donors (Lipinski definition) is 0. The lowest BCUT2D eigenvalue weighted by Gasteiger charge is -2.09. The van der Waals surface area contributed by atoms with E-state index in [1.54, 1.807) is 12.1 Å². The number of nitrogens with zero attached hydrogens (tertiary/aromatic N) is 3. The number of rotatable bonds is 2. The molecule has 0 aliphatic rings. The first-order valence-electron chi connectivity index (χ1n) is 5.68. The van der Waals surface area contributed by atoms with E-state index >= 15 is 0 Å². The summed E-state index contributed by atoms with van der Waals surface area (Å²) >= 11 is 0. The summed E-state index contributed by atoms with van der Waals surface area (Å²) in [6, 6.07) is 6.11. The maximum absolute atomic E-state index is 14.0. The molecule has 3 aromatic rings. The van der Waals surface area contributed by atoms with E-state index in [2.05, 4.69) is 10.3 Å². The molecule has 1 aromatic heterocycles. The first-order chi connectivity index (χ1) is 10.1. The Labute approximate surface area is 114 Å². The van der Waals surface area contributed by atoms with E-state index in [-0.39, 0.29) is 17.3 Å². The molecule has 0 spiro atoms. The van der Waals surface area contributed by atoms with Gasteiger partial charge in [0.1, 0.15) is 11.2 Å². The second kappa shape index (κ2) is 4.65. The van der Waals surface area contributed by atoms with Gasteiger partial charge in [0.05, 0.1) is 11.1 Å². The molecule has 0 bridgehead atoms. The average Bonchev–Trinajstić information content (AvgIpc) is 2.90. The lowest BCUT2D eigenvalue weighted by molar-refractivity contribution is 0.111. The molecule has 0 unspecified atom stereocenters. The molecule has 0 aliphatic carbocycles.